The van der Waals surface area contributed by atoms with Crippen LogP contribution in [0, 0.1) is 11.3 Å². The summed E-state index contributed by atoms with van der Waals surface area (Å²) >= 11 is 0. The molecule has 0 spiro atoms. The maximum absolute atomic E-state index is 4.94. The van der Waals surface area contributed by atoms with Crippen molar-refractivity contribution in [3.63, 3.8) is 0 Å². The molecule has 0 bridgehead atoms. The van der Waals surface area contributed by atoms with E-state index in [0.29, 0.717) is 23.3 Å². The minimum Gasteiger partial charge on any atom is -0.265 e. The van der Waals surface area contributed by atoms with Gasteiger partial charge in [0.1, 0.15) is 11.5 Å². The zero-order valence-electron chi connectivity index (χ0n) is 14.2. The van der Waals surface area contributed by atoms with E-state index in [4.69, 9.17) is 10.1 Å². The summed E-state index contributed by atoms with van der Waals surface area (Å²) in [6.07, 6.45) is 8.85. The SMILES string of the molecule is C=C[C@@H]1CC[C@H]1c1nc(-c2ccnn2C)nn1C(C)C1(C)CC1. The highest BCUT2D eigenvalue weighted by molar-refractivity contribution is 5.48. The molecule has 2 aromatic heterocycles. The van der Waals surface area contributed by atoms with Gasteiger partial charge in [0, 0.05) is 19.2 Å². The standard InChI is InChI=1S/C18H25N5/c1-5-13-6-7-14(13)17-20-16(15-8-11-19-22(15)4)21-23(17)12(2)18(3)9-10-18/h5,8,11-14H,1,6-7,9-10H2,2-4H3/t12?,13-,14-/m1/s1. The Hall–Kier alpha value is -1.91. The third kappa shape index (κ3) is 2.25. The minimum atomic E-state index is 0.375. The molecule has 0 amide bonds. The molecule has 2 heterocycles. The van der Waals surface area contributed by atoms with E-state index in [1.165, 1.54) is 25.7 Å². The Balaban J connectivity index is 1.77. The van der Waals surface area contributed by atoms with Gasteiger partial charge in [0.25, 0.3) is 0 Å². The van der Waals surface area contributed by atoms with Crippen LogP contribution in [0.5, 0.6) is 0 Å². The van der Waals surface area contributed by atoms with Crippen molar-refractivity contribution in [3.8, 4) is 11.5 Å². The van der Waals surface area contributed by atoms with Crippen molar-refractivity contribution in [2.45, 2.75) is 51.5 Å². The zero-order chi connectivity index (χ0) is 16.2. The summed E-state index contributed by atoms with van der Waals surface area (Å²) in [6.45, 7) is 8.64. The van der Waals surface area contributed by atoms with Crippen molar-refractivity contribution in [2.75, 3.05) is 0 Å². The molecule has 0 N–H and O–H groups in total. The predicted molar refractivity (Wildman–Crippen MR) is 89.9 cm³/mol. The van der Waals surface area contributed by atoms with Crippen LogP contribution in [0.2, 0.25) is 0 Å². The fourth-order valence-electron chi connectivity index (χ4n) is 3.61. The fraction of sp³-hybridized carbons (Fsp3) is 0.611. The van der Waals surface area contributed by atoms with Gasteiger partial charge in [-0.3, -0.25) is 4.68 Å². The third-order valence-electron chi connectivity index (χ3n) is 6.08. The van der Waals surface area contributed by atoms with Crippen molar-refractivity contribution < 1.29 is 0 Å². The Kier molecular flexibility index (Phi) is 3.22. The molecule has 2 aliphatic rings. The van der Waals surface area contributed by atoms with Gasteiger partial charge in [-0.2, -0.15) is 5.10 Å². The van der Waals surface area contributed by atoms with Crippen molar-refractivity contribution in [3.05, 3.63) is 30.7 Å². The lowest BCUT2D eigenvalue weighted by Gasteiger charge is -2.35. The summed E-state index contributed by atoms with van der Waals surface area (Å²) in [4.78, 5) is 4.94. The first-order chi connectivity index (χ1) is 11.0. The summed E-state index contributed by atoms with van der Waals surface area (Å²) in [6, 6.07) is 2.37. The van der Waals surface area contributed by atoms with Crippen LogP contribution in [0.4, 0.5) is 0 Å². The minimum absolute atomic E-state index is 0.375. The Morgan fingerprint density at radius 3 is 2.70 bits per heavy atom. The smallest absolute Gasteiger partial charge is 0.199 e. The van der Waals surface area contributed by atoms with Crippen LogP contribution in [0.3, 0.4) is 0 Å². The fourth-order valence-corrected chi connectivity index (χ4v) is 3.61. The molecule has 0 aromatic carbocycles. The first-order valence-electron chi connectivity index (χ1n) is 8.61. The zero-order valence-corrected chi connectivity index (χ0v) is 14.2. The lowest BCUT2D eigenvalue weighted by atomic mass is 9.73. The van der Waals surface area contributed by atoms with Crippen molar-refractivity contribution in [1.29, 1.82) is 0 Å². The van der Waals surface area contributed by atoms with Crippen LogP contribution in [-0.2, 0) is 7.05 Å². The third-order valence-corrected chi connectivity index (χ3v) is 6.08. The monoisotopic (exact) mass is 311 g/mol. The number of hydrogen-bond acceptors (Lipinski definition) is 3. The van der Waals surface area contributed by atoms with Crippen LogP contribution in [0.15, 0.2) is 24.9 Å². The Bertz CT molecular complexity index is 736. The summed E-state index contributed by atoms with van der Waals surface area (Å²) in [5.74, 6) is 2.94. The van der Waals surface area contributed by atoms with Gasteiger partial charge in [-0.15, -0.1) is 11.7 Å². The van der Waals surface area contributed by atoms with Crippen LogP contribution in [0.1, 0.15) is 57.3 Å². The van der Waals surface area contributed by atoms with Gasteiger partial charge in [0.05, 0.1) is 6.04 Å². The Labute approximate surface area is 137 Å². The number of aromatic nitrogens is 5. The van der Waals surface area contributed by atoms with E-state index in [-0.39, 0.29) is 0 Å². The van der Waals surface area contributed by atoms with E-state index in [2.05, 4.69) is 36.3 Å². The molecule has 23 heavy (non-hydrogen) atoms. The highest BCUT2D eigenvalue weighted by Crippen LogP contribution is 2.54. The largest absolute Gasteiger partial charge is 0.265 e. The summed E-state index contributed by atoms with van der Waals surface area (Å²) in [5.41, 5.74) is 1.35. The Morgan fingerprint density at radius 1 is 1.39 bits per heavy atom. The van der Waals surface area contributed by atoms with Gasteiger partial charge in [0.15, 0.2) is 5.82 Å². The number of hydrogen-bond donors (Lipinski definition) is 0. The normalized spacial score (nSPS) is 26.6. The molecule has 0 aliphatic heterocycles. The molecule has 1 unspecified atom stereocenters. The number of rotatable bonds is 5. The second kappa shape index (κ2) is 5.05. The molecule has 0 radical (unpaired) electrons. The maximum atomic E-state index is 4.94. The molecule has 0 saturated heterocycles. The van der Waals surface area contributed by atoms with E-state index < -0.39 is 0 Å². The number of aryl methyl sites for hydroxylation is 1. The molecule has 2 fully saturated rings. The summed E-state index contributed by atoms with van der Waals surface area (Å²) in [5, 5.41) is 9.16. The van der Waals surface area contributed by atoms with Gasteiger partial charge in [-0.05, 0) is 50.0 Å². The molecule has 122 valence electrons. The Morgan fingerprint density at radius 2 is 2.17 bits per heavy atom. The van der Waals surface area contributed by atoms with Gasteiger partial charge in [0.2, 0.25) is 0 Å². The number of allylic oxidation sites excluding steroid dienone is 1. The molecular formula is C18H25N5. The van der Waals surface area contributed by atoms with Crippen molar-refractivity contribution in [2.24, 2.45) is 18.4 Å². The quantitative estimate of drug-likeness (QED) is 0.791. The van der Waals surface area contributed by atoms with Crippen molar-refractivity contribution in [1.82, 2.24) is 24.5 Å². The molecule has 5 heteroatoms. The maximum Gasteiger partial charge on any atom is 0.199 e. The highest BCUT2D eigenvalue weighted by atomic mass is 15.4. The summed E-state index contributed by atoms with van der Waals surface area (Å²) < 4.78 is 4.05. The van der Waals surface area contributed by atoms with Crippen LogP contribution in [-0.4, -0.2) is 24.5 Å². The molecule has 2 aliphatic carbocycles. The second-order valence-corrected chi connectivity index (χ2v) is 7.49. The second-order valence-electron chi connectivity index (χ2n) is 7.49. The van der Waals surface area contributed by atoms with Crippen LogP contribution >= 0.6 is 0 Å². The van der Waals surface area contributed by atoms with E-state index in [0.717, 1.165) is 17.3 Å². The van der Waals surface area contributed by atoms with E-state index in [9.17, 15) is 0 Å². The van der Waals surface area contributed by atoms with Gasteiger partial charge in [-0.25, -0.2) is 9.67 Å². The highest BCUT2D eigenvalue weighted by Gasteiger charge is 2.46. The molecule has 5 nitrogen and oxygen atoms in total. The van der Waals surface area contributed by atoms with Gasteiger partial charge < -0.3 is 0 Å². The number of nitrogens with zero attached hydrogens (tertiary/aromatic N) is 5. The van der Waals surface area contributed by atoms with E-state index in [1.54, 1.807) is 6.20 Å². The molecular weight excluding hydrogens is 286 g/mol. The average molecular weight is 311 g/mol. The van der Waals surface area contributed by atoms with E-state index in [1.807, 2.05) is 17.8 Å². The van der Waals surface area contributed by atoms with Gasteiger partial charge >= 0.3 is 0 Å². The topological polar surface area (TPSA) is 48.5 Å². The van der Waals surface area contributed by atoms with Gasteiger partial charge in [-0.1, -0.05) is 13.0 Å². The predicted octanol–water partition coefficient (Wildman–Crippen LogP) is 3.72. The molecule has 4 rings (SSSR count). The lowest BCUT2D eigenvalue weighted by Crippen LogP contribution is -2.28. The van der Waals surface area contributed by atoms with Crippen LogP contribution in [0.25, 0.3) is 11.5 Å². The lowest BCUT2D eigenvalue weighted by molar-refractivity contribution is 0.259. The molecule has 2 aromatic rings. The van der Waals surface area contributed by atoms with Crippen molar-refractivity contribution >= 4 is 0 Å². The van der Waals surface area contributed by atoms with Crippen LogP contribution < -0.4 is 0 Å². The first kappa shape index (κ1) is 14.7. The molecule has 3 atom stereocenters. The van der Waals surface area contributed by atoms with E-state index >= 15 is 0 Å². The first-order valence-corrected chi connectivity index (χ1v) is 8.61. The average Bonchev–Trinajstić information content (AvgIpc) is 2.92. The molecule has 2 saturated carbocycles. The summed E-state index contributed by atoms with van der Waals surface area (Å²) in [7, 11) is 1.94.